The van der Waals surface area contributed by atoms with Gasteiger partial charge in [0.2, 0.25) is 0 Å². The van der Waals surface area contributed by atoms with Gasteiger partial charge >= 0.3 is 0 Å². The molecule has 0 spiro atoms. The molecule has 0 aromatic heterocycles. The number of benzene rings is 2. The van der Waals surface area contributed by atoms with Gasteiger partial charge in [0.25, 0.3) is 0 Å². The fraction of sp³-hybridized carbons (Fsp3) is 0.519. The van der Waals surface area contributed by atoms with Crippen molar-refractivity contribution in [1.29, 1.82) is 0 Å². The predicted molar refractivity (Wildman–Crippen MR) is 128 cm³/mol. The Morgan fingerprint density at radius 1 is 0.867 bits per heavy atom. The molecule has 0 aliphatic rings. The molecule has 2 rings (SSSR count). The van der Waals surface area contributed by atoms with Crippen molar-refractivity contribution in [3.63, 3.8) is 0 Å². The van der Waals surface area contributed by atoms with Crippen LogP contribution in [0.25, 0.3) is 0 Å². The van der Waals surface area contributed by atoms with Crippen molar-refractivity contribution >= 4 is 5.71 Å². The van der Waals surface area contributed by atoms with Gasteiger partial charge in [-0.15, -0.1) is 0 Å². The first-order chi connectivity index (χ1) is 13.7. The number of aliphatic hydroxyl groups excluding tert-OH is 1. The third-order valence-electron chi connectivity index (χ3n) is 5.54. The highest BCUT2D eigenvalue weighted by Gasteiger charge is 2.29. The molecule has 0 aliphatic heterocycles. The highest BCUT2D eigenvalue weighted by molar-refractivity contribution is 6.15. The zero-order valence-electron chi connectivity index (χ0n) is 20.2. The van der Waals surface area contributed by atoms with E-state index in [9.17, 15) is 10.2 Å². The van der Waals surface area contributed by atoms with Crippen LogP contribution in [0.1, 0.15) is 84.6 Å². The fourth-order valence-electron chi connectivity index (χ4n) is 3.38. The Morgan fingerprint density at radius 3 is 1.87 bits per heavy atom. The van der Waals surface area contributed by atoms with Crippen molar-refractivity contribution in [2.45, 2.75) is 79.2 Å². The van der Waals surface area contributed by atoms with Crippen molar-refractivity contribution in [2.75, 3.05) is 6.61 Å². The summed E-state index contributed by atoms with van der Waals surface area (Å²) < 4.78 is 0. The minimum absolute atomic E-state index is 0.0499. The molecule has 30 heavy (non-hydrogen) atoms. The summed E-state index contributed by atoms with van der Waals surface area (Å²) >= 11 is 0. The molecule has 0 heterocycles. The molecule has 0 amide bonds. The van der Waals surface area contributed by atoms with Crippen LogP contribution in [0.15, 0.2) is 47.5 Å². The van der Waals surface area contributed by atoms with Gasteiger partial charge in [0.15, 0.2) is 0 Å². The quantitative estimate of drug-likeness (QED) is 0.588. The number of rotatable bonds is 4. The van der Waals surface area contributed by atoms with Crippen LogP contribution in [0, 0.1) is 5.41 Å². The number of aliphatic hydroxyl groups is 1. The van der Waals surface area contributed by atoms with Crippen molar-refractivity contribution in [3.8, 4) is 5.75 Å². The topological polar surface area (TPSA) is 52.8 Å². The molecule has 2 aromatic carbocycles. The second-order valence-electron chi connectivity index (χ2n) is 11.3. The first-order valence-electron chi connectivity index (χ1n) is 10.8. The van der Waals surface area contributed by atoms with Gasteiger partial charge in [-0.25, -0.2) is 0 Å². The molecule has 0 fully saturated rings. The van der Waals surface area contributed by atoms with E-state index in [4.69, 9.17) is 4.99 Å². The molecule has 1 atom stereocenters. The van der Waals surface area contributed by atoms with Crippen LogP contribution in [-0.4, -0.2) is 28.6 Å². The number of aliphatic imine (C=N–C) groups is 1. The van der Waals surface area contributed by atoms with Gasteiger partial charge in [0.05, 0.1) is 18.4 Å². The SMILES string of the molecule is CC(C)(C)c1cc(C(=N[C@H](CO)C(C)(C)C)c2ccccc2)c(O)c(C(C)(C)C)c1. The lowest BCUT2D eigenvalue weighted by atomic mass is 9.78. The Morgan fingerprint density at radius 2 is 1.43 bits per heavy atom. The predicted octanol–water partition coefficient (Wildman–Crippen LogP) is 6.23. The highest BCUT2D eigenvalue weighted by Crippen LogP contribution is 2.39. The van der Waals surface area contributed by atoms with Crippen LogP contribution in [0.4, 0.5) is 0 Å². The summed E-state index contributed by atoms with van der Waals surface area (Å²) in [6.45, 7) is 19.1. The first kappa shape index (κ1) is 24.1. The van der Waals surface area contributed by atoms with Crippen LogP contribution >= 0.6 is 0 Å². The van der Waals surface area contributed by atoms with E-state index < -0.39 is 0 Å². The molecule has 164 valence electrons. The third kappa shape index (κ3) is 5.51. The maximum atomic E-state index is 11.4. The summed E-state index contributed by atoms with van der Waals surface area (Å²) in [5.41, 5.74) is 3.93. The number of nitrogens with zero attached hydrogens (tertiary/aromatic N) is 1. The molecule has 2 N–H and O–H groups in total. The zero-order valence-corrected chi connectivity index (χ0v) is 20.2. The molecule has 3 heteroatoms. The zero-order chi connectivity index (χ0) is 22.9. The lowest BCUT2D eigenvalue weighted by Crippen LogP contribution is -2.30. The lowest BCUT2D eigenvalue weighted by molar-refractivity contribution is 0.190. The Kier molecular flexibility index (Phi) is 6.88. The molecule has 0 bridgehead atoms. The average Bonchev–Trinajstić information content (AvgIpc) is 2.61. The monoisotopic (exact) mass is 409 g/mol. The van der Waals surface area contributed by atoms with Crippen LogP contribution in [0.3, 0.4) is 0 Å². The number of aromatic hydroxyl groups is 1. The Balaban J connectivity index is 2.91. The normalized spacial score (nSPS) is 14.7. The number of phenolic OH excluding ortho intramolecular Hbond substituents is 1. The van der Waals surface area contributed by atoms with Crippen LogP contribution < -0.4 is 0 Å². The minimum atomic E-state index is -0.288. The van der Waals surface area contributed by atoms with Crippen molar-refractivity contribution in [3.05, 3.63) is 64.7 Å². The number of hydrogen-bond donors (Lipinski definition) is 2. The third-order valence-corrected chi connectivity index (χ3v) is 5.54. The smallest absolute Gasteiger partial charge is 0.128 e. The van der Waals surface area contributed by atoms with E-state index in [1.807, 2.05) is 30.3 Å². The van der Waals surface area contributed by atoms with Crippen LogP contribution in [0.2, 0.25) is 0 Å². The largest absolute Gasteiger partial charge is 0.507 e. The molecule has 2 aromatic rings. The Labute approximate surface area is 182 Å². The Hall–Kier alpha value is -2.13. The summed E-state index contributed by atoms with van der Waals surface area (Å²) in [6.07, 6.45) is 0. The van der Waals surface area contributed by atoms with Gasteiger partial charge in [0, 0.05) is 16.7 Å². The lowest BCUT2D eigenvalue weighted by Gasteiger charge is -2.29. The molecule has 0 saturated heterocycles. The second-order valence-corrected chi connectivity index (χ2v) is 11.3. The van der Waals surface area contributed by atoms with E-state index >= 15 is 0 Å². The maximum Gasteiger partial charge on any atom is 0.128 e. The van der Waals surface area contributed by atoms with Crippen molar-refractivity contribution in [2.24, 2.45) is 10.4 Å². The molecular weight excluding hydrogens is 370 g/mol. The molecule has 0 radical (unpaired) electrons. The van der Waals surface area contributed by atoms with Gasteiger partial charge in [-0.1, -0.05) is 98.7 Å². The molecular formula is C27H39NO2. The summed E-state index contributed by atoms with van der Waals surface area (Å²) in [5, 5.41) is 21.5. The summed E-state index contributed by atoms with van der Waals surface area (Å²) in [7, 11) is 0. The van der Waals surface area contributed by atoms with Crippen LogP contribution in [0.5, 0.6) is 5.75 Å². The average molecular weight is 410 g/mol. The van der Waals surface area contributed by atoms with Crippen molar-refractivity contribution < 1.29 is 10.2 Å². The van der Waals surface area contributed by atoms with Gasteiger partial charge in [-0.05, 0) is 27.9 Å². The van der Waals surface area contributed by atoms with E-state index in [1.54, 1.807) is 0 Å². The van der Waals surface area contributed by atoms with E-state index in [1.165, 1.54) is 0 Å². The van der Waals surface area contributed by atoms with Gasteiger partial charge in [0.1, 0.15) is 5.75 Å². The Bertz CT molecular complexity index is 891. The number of hydrogen-bond acceptors (Lipinski definition) is 3. The maximum absolute atomic E-state index is 11.4. The molecule has 0 saturated carbocycles. The summed E-state index contributed by atoms with van der Waals surface area (Å²) in [4.78, 5) is 5.02. The number of phenols is 1. The van der Waals surface area contributed by atoms with Gasteiger partial charge in [-0.2, -0.15) is 0 Å². The first-order valence-corrected chi connectivity index (χ1v) is 10.8. The standard InChI is InChI=1S/C27H39NO2/c1-25(2,3)19-15-20(24(30)21(16-19)26(4,5)6)23(18-13-11-10-12-14-18)28-22(17-29)27(7,8)9/h10-16,22,29-30H,17H2,1-9H3/t22-/m1/s1. The molecule has 0 aliphatic carbocycles. The van der Waals surface area contributed by atoms with E-state index in [-0.39, 0.29) is 34.6 Å². The van der Waals surface area contributed by atoms with Crippen LogP contribution in [-0.2, 0) is 10.8 Å². The summed E-state index contributed by atoms with van der Waals surface area (Å²) in [6, 6.07) is 13.8. The minimum Gasteiger partial charge on any atom is -0.507 e. The van der Waals surface area contributed by atoms with Gasteiger partial charge in [-0.3, -0.25) is 4.99 Å². The van der Waals surface area contributed by atoms with Gasteiger partial charge < -0.3 is 10.2 Å². The van der Waals surface area contributed by atoms with E-state index in [0.29, 0.717) is 0 Å². The molecule has 0 unspecified atom stereocenters. The highest BCUT2D eigenvalue weighted by atomic mass is 16.3. The van der Waals surface area contributed by atoms with E-state index in [2.05, 4.69) is 74.4 Å². The molecule has 3 nitrogen and oxygen atoms in total. The van der Waals surface area contributed by atoms with E-state index in [0.717, 1.165) is 28.0 Å². The second kappa shape index (κ2) is 8.55. The fourth-order valence-corrected chi connectivity index (χ4v) is 3.38. The van der Waals surface area contributed by atoms with Crippen molar-refractivity contribution in [1.82, 2.24) is 0 Å². The summed E-state index contributed by atoms with van der Waals surface area (Å²) in [5.74, 6) is 0.267.